The van der Waals surface area contributed by atoms with Crippen LogP contribution in [0.4, 0.5) is 18.9 Å². The number of carboxylic acids is 1. The van der Waals surface area contributed by atoms with E-state index in [1.807, 2.05) is 0 Å². The number of alkyl halides is 1. The number of hydrogen-bond donors (Lipinski definition) is 1. The molecule has 0 spiro atoms. The Labute approximate surface area is 153 Å². The Morgan fingerprint density at radius 3 is 2.33 bits per heavy atom. The molecule has 0 unspecified atom stereocenters. The van der Waals surface area contributed by atoms with E-state index in [1.165, 1.54) is 16.4 Å². The van der Waals surface area contributed by atoms with Crippen molar-refractivity contribution >= 4 is 22.6 Å². The molecule has 0 bridgehead atoms. The van der Waals surface area contributed by atoms with Crippen LogP contribution in [0.1, 0.15) is 47.6 Å². The molecule has 0 atom stereocenters. The molecule has 2 aliphatic rings. The number of hydrogen-bond acceptors (Lipinski definition) is 3. The summed E-state index contributed by atoms with van der Waals surface area (Å²) in [5, 5.41) is 9.08. The molecule has 27 heavy (non-hydrogen) atoms. The van der Waals surface area contributed by atoms with Gasteiger partial charge in [-0.1, -0.05) is 0 Å². The minimum atomic E-state index is -1.43. The highest BCUT2D eigenvalue weighted by Crippen LogP contribution is 2.41. The Bertz CT molecular complexity index is 1010. The molecule has 2 aromatic rings. The number of nitrogens with zero attached hydrogens (tertiary/aromatic N) is 2. The van der Waals surface area contributed by atoms with Crippen LogP contribution in [0, 0.1) is 18.6 Å². The lowest BCUT2D eigenvalue weighted by Gasteiger charge is -2.32. The smallest absolute Gasteiger partial charge is 0.341 e. The summed E-state index contributed by atoms with van der Waals surface area (Å²) < 4.78 is 45.4. The van der Waals surface area contributed by atoms with Crippen LogP contribution in [0.25, 0.3) is 10.9 Å². The van der Waals surface area contributed by atoms with Gasteiger partial charge in [-0.3, -0.25) is 4.79 Å². The maximum atomic E-state index is 15.5. The van der Waals surface area contributed by atoms with E-state index in [0.29, 0.717) is 0 Å². The number of carboxylic acid groups (broad SMARTS) is 1. The molecule has 1 aromatic carbocycles. The van der Waals surface area contributed by atoms with Gasteiger partial charge in [-0.15, -0.1) is 0 Å². The van der Waals surface area contributed by atoms with Gasteiger partial charge in [-0.05, 0) is 32.6 Å². The lowest BCUT2D eigenvalue weighted by molar-refractivity contribution is 0.0695. The number of fused-ring (bicyclic) bond motifs is 1. The van der Waals surface area contributed by atoms with Crippen LogP contribution in [-0.2, 0) is 0 Å². The number of piperidine rings is 1. The summed E-state index contributed by atoms with van der Waals surface area (Å²) in [4.78, 5) is 25.5. The monoisotopic (exact) mass is 380 g/mol. The molecule has 4 rings (SSSR count). The highest BCUT2D eigenvalue weighted by atomic mass is 19.1. The summed E-state index contributed by atoms with van der Waals surface area (Å²) in [7, 11) is 0. The largest absolute Gasteiger partial charge is 0.477 e. The topological polar surface area (TPSA) is 62.5 Å². The van der Waals surface area contributed by atoms with Gasteiger partial charge in [0.1, 0.15) is 17.4 Å². The van der Waals surface area contributed by atoms with E-state index in [0.717, 1.165) is 19.0 Å². The molecule has 2 fully saturated rings. The molecule has 1 N–H and O–H groups in total. The summed E-state index contributed by atoms with van der Waals surface area (Å²) in [6.45, 7) is 1.72. The van der Waals surface area contributed by atoms with E-state index in [2.05, 4.69) is 0 Å². The first-order chi connectivity index (χ1) is 12.8. The van der Waals surface area contributed by atoms with Crippen molar-refractivity contribution in [1.29, 1.82) is 0 Å². The van der Waals surface area contributed by atoms with Crippen molar-refractivity contribution in [1.82, 2.24) is 4.57 Å². The SMILES string of the molecule is Cc1c(F)c(N2CCC(F)CC2)c(F)c2c1c(=O)c(C(=O)O)cn2C1CC1. The molecule has 1 saturated heterocycles. The van der Waals surface area contributed by atoms with Crippen molar-refractivity contribution in [3.05, 3.63) is 39.2 Å². The van der Waals surface area contributed by atoms with Gasteiger partial charge in [-0.2, -0.15) is 0 Å². The first-order valence-electron chi connectivity index (χ1n) is 9.00. The van der Waals surface area contributed by atoms with E-state index in [4.69, 9.17) is 0 Å². The van der Waals surface area contributed by atoms with Crippen LogP contribution in [0.3, 0.4) is 0 Å². The van der Waals surface area contributed by atoms with Crippen LogP contribution in [0.2, 0.25) is 0 Å². The first kappa shape index (κ1) is 17.9. The zero-order valence-corrected chi connectivity index (χ0v) is 14.8. The number of pyridine rings is 1. The number of aromatic carboxylic acids is 1. The number of aromatic nitrogens is 1. The first-order valence-corrected chi connectivity index (χ1v) is 9.00. The summed E-state index contributed by atoms with van der Waals surface area (Å²) in [6.07, 6.45) is 2.00. The van der Waals surface area contributed by atoms with Crippen molar-refractivity contribution < 1.29 is 23.1 Å². The fourth-order valence-electron chi connectivity index (χ4n) is 3.84. The summed E-state index contributed by atoms with van der Waals surface area (Å²) in [6, 6.07) is -0.116. The van der Waals surface area contributed by atoms with Crippen molar-refractivity contribution in [2.75, 3.05) is 18.0 Å². The predicted octanol–water partition coefficient (Wildman–Crippen LogP) is 3.56. The van der Waals surface area contributed by atoms with Crippen molar-refractivity contribution in [2.24, 2.45) is 0 Å². The Balaban J connectivity index is 2.03. The van der Waals surface area contributed by atoms with Crippen LogP contribution >= 0.6 is 0 Å². The molecule has 0 amide bonds. The van der Waals surface area contributed by atoms with Crippen molar-refractivity contribution in [2.45, 2.75) is 44.8 Å². The molecule has 8 heteroatoms. The standard InChI is InChI=1S/C19H19F3N2O3/c1-9-13-16(24(11-2-3-11)8-12(18(13)25)19(26)27)15(22)17(14(9)21)23-6-4-10(20)5-7-23/h8,10-11H,2-7H2,1H3,(H,26,27). The van der Waals surface area contributed by atoms with Gasteiger partial charge in [0, 0.05) is 30.9 Å². The fraction of sp³-hybridized carbons (Fsp3) is 0.474. The highest BCUT2D eigenvalue weighted by Gasteiger charge is 2.33. The number of aryl methyl sites for hydroxylation is 1. The van der Waals surface area contributed by atoms with Crippen LogP contribution in [0.5, 0.6) is 0 Å². The minimum absolute atomic E-state index is 0.0660. The Morgan fingerprint density at radius 1 is 1.15 bits per heavy atom. The molecular formula is C19H19F3N2O3. The minimum Gasteiger partial charge on any atom is -0.477 e. The third-order valence-electron chi connectivity index (χ3n) is 5.47. The zero-order valence-electron chi connectivity index (χ0n) is 14.8. The quantitative estimate of drug-likeness (QED) is 0.885. The second-order valence-corrected chi connectivity index (χ2v) is 7.30. The molecule has 5 nitrogen and oxygen atoms in total. The Kier molecular flexibility index (Phi) is 4.16. The van der Waals surface area contributed by atoms with Gasteiger partial charge in [-0.25, -0.2) is 18.0 Å². The lowest BCUT2D eigenvalue weighted by atomic mass is 10.0. The number of rotatable bonds is 3. The molecule has 0 radical (unpaired) electrons. The molecule has 2 heterocycles. The Morgan fingerprint density at radius 2 is 1.78 bits per heavy atom. The maximum absolute atomic E-state index is 15.5. The van der Waals surface area contributed by atoms with Crippen LogP contribution in [-0.4, -0.2) is 34.9 Å². The van der Waals surface area contributed by atoms with Crippen molar-refractivity contribution in [3.63, 3.8) is 0 Å². The van der Waals surface area contributed by atoms with Crippen LogP contribution in [0.15, 0.2) is 11.0 Å². The van der Waals surface area contributed by atoms with E-state index in [1.54, 1.807) is 0 Å². The van der Waals surface area contributed by atoms with Gasteiger partial charge >= 0.3 is 5.97 Å². The van der Waals surface area contributed by atoms with E-state index in [-0.39, 0.29) is 54.1 Å². The number of anilines is 1. The molecular weight excluding hydrogens is 361 g/mol. The maximum Gasteiger partial charge on any atom is 0.341 e. The van der Waals surface area contributed by atoms with E-state index in [9.17, 15) is 19.1 Å². The summed E-state index contributed by atoms with van der Waals surface area (Å²) >= 11 is 0. The van der Waals surface area contributed by atoms with E-state index < -0.39 is 34.8 Å². The van der Waals surface area contributed by atoms with Crippen molar-refractivity contribution in [3.8, 4) is 0 Å². The second-order valence-electron chi connectivity index (χ2n) is 7.30. The lowest BCUT2D eigenvalue weighted by Crippen LogP contribution is -2.36. The van der Waals surface area contributed by atoms with Gasteiger partial charge in [0.2, 0.25) is 5.43 Å². The number of carbonyl (C=O) groups is 1. The molecule has 1 saturated carbocycles. The number of halogens is 3. The van der Waals surface area contributed by atoms with Gasteiger partial charge < -0.3 is 14.6 Å². The average Bonchev–Trinajstić information content (AvgIpc) is 3.46. The van der Waals surface area contributed by atoms with Gasteiger partial charge in [0.15, 0.2) is 11.6 Å². The Hall–Kier alpha value is -2.51. The van der Waals surface area contributed by atoms with E-state index >= 15 is 8.78 Å². The predicted molar refractivity (Wildman–Crippen MR) is 94.4 cm³/mol. The normalized spacial score (nSPS) is 18.3. The third-order valence-corrected chi connectivity index (χ3v) is 5.47. The second kappa shape index (κ2) is 6.28. The summed E-state index contributed by atoms with van der Waals surface area (Å²) in [5.41, 5.74) is -1.79. The fourth-order valence-corrected chi connectivity index (χ4v) is 3.84. The van der Waals surface area contributed by atoms with Crippen LogP contribution < -0.4 is 10.3 Å². The number of benzene rings is 1. The summed E-state index contributed by atoms with van der Waals surface area (Å²) in [5.74, 6) is -3.20. The molecule has 144 valence electrons. The van der Waals surface area contributed by atoms with Gasteiger partial charge in [0.05, 0.1) is 10.9 Å². The highest BCUT2D eigenvalue weighted by molar-refractivity contribution is 5.95. The molecule has 1 aliphatic heterocycles. The molecule has 1 aromatic heterocycles. The third kappa shape index (κ3) is 2.78. The zero-order chi connectivity index (χ0) is 19.5. The van der Waals surface area contributed by atoms with Gasteiger partial charge in [0.25, 0.3) is 0 Å². The average molecular weight is 380 g/mol. The molecule has 1 aliphatic carbocycles.